The van der Waals surface area contributed by atoms with Crippen LogP contribution in [0.4, 0.5) is 5.69 Å². The second-order valence-corrected chi connectivity index (χ2v) is 5.55. The van der Waals surface area contributed by atoms with Crippen molar-refractivity contribution >= 4 is 18.3 Å². The molecule has 18 heavy (non-hydrogen) atoms. The van der Waals surface area contributed by atoms with Gasteiger partial charge in [-0.25, -0.2) is 0 Å². The lowest BCUT2D eigenvalue weighted by Crippen LogP contribution is -2.46. The van der Waals surface area contributed by atoms with Crippen molar-refractivity contribution in [2.24, 2.45) is 0 Å². The minimum Gasteiger partial charge on any atom is -0.369 e. The van der Waals surface area contributed by atoms with Crippen LogP contribution in [0.1, 0.15) is 18.4 Å². The Hall–Kier alpha value is -0.670. The Morgan fingerprint density at radius 1 is 1.11 bits per heavy atom. The van der Waals surface area contributed by atoms with Crippen LogP contribution in [0, 0.1) is 6.92 Å². The first-order chi connectivity index (χ1) is 8.79. The number of unbranched alkanes of at least 4 members (excludes halogenated alkanes) is 1. The molecule has 0 bridgehead atoms. The van der Waals surface area contributed by atoms with E-state index in [2.05, 4.69) is 53.6 Å². The Labute approximate surface area is 116 Å². The molecule has 0 spiro atoms. The fraction of sp³-hybridized carbons (Fsp3) is 0.600. The predicted octanol–water partition coefficient (Wildman–Crippen LogP) is 2.83. The lowest BCUT2D eigenvalue weighted by molar-refractivity contribution is 0.254. The van der Waals surface area contributed by atoms with E-state index in [0.29, 0.717) is 0 Å². The summed E-state index contributed by atoms with van der Waals surface area (Å²) in [5, 5.41) is 0. The van der Waals surface area contributed by atoms with E-state index in [-0.39, 0.29) is 0 Å². The first-order valence-electron chi connectivity index (χ1n) is 6.94. The van der Waals surface area contributed by atoms with Crippen molar-refractivity contribution in [1.29, 1.82) is 0 Å². The maximum absolute atomic E-state index is 4.26. The fourth-order valence-corrected chi connectivity index (χ4v) is 2.73. The summed E-state index contributed by atoms with van der Waals surface area (Å²) in [5.74, 6) is 1.02. The molecule has 1 saturated heterocycles. The first-order valence-corrected chi connectivity index (χ1v) is 7.57. The van der Waals surface area contributed by atoms with E-state index in [1.165, 1.54) is 43.7 Å². The SMILES string of the molecule is Cc1cccc(N2CCN(CCCCS)CC2)c1. The van der Waals surface area contributed by atoms with Gasteiger partial charge >= 0.3 is 0 Å². The summed E-state index contributed by atoms with van der Waals surface area (Å²) < 4.78 is 0. The molecule has 1 heterocycles. The maximum atomic E-state index is 4.26. The second-order valence-electron chi connectivity index (χ2n) is 5.10. The first kappa shape index (κ1) is 13.8. The summed E-state index contributed by atoms with van der Waals surface area (Å²) in [4.78, 5) is 5.08. The summed E-state index contributed by atoms with van der Waals surface area (Å²) in [6, 6.07) is 8.83. The molecule has 1 fully saturated rings. The van der Waals surface area contributed by atoms with Crippen molar-refractivity contribution in [3.8, 4) is 0 Å². The average molecular weight is 264 g/mol. The highest BCUT2D eigenvalue weighted by molar-refractivity contribution is 7.80. The number of nitrogens with zero attached hydrogens (tertiary/aromatic N) is 2. The molecule has 0 N–H and O–H groups in total. The third-order valence-corrected chi connectivity index (χ3v) is 3.94. The molecular weight excluding hydrogens is 240 g/mol. The van der Waals surface area contributed by atoms with Crippen LogP contribution in [0.2, 0.25) is 0 Å². The molecule has 0 aliphatic carbocycles. The van der Waals surface area contributed by atoms with E-state index < -0.39 is 0 Å². The molecule has 1 aliphatic heterocycles. The third kappa shape index (κ3) is 3.92. The standard InChI is InChI=1S/C15H24N2S/c1-14-5-4-6-15(13-14)17-10-8-16(9-11-17)7-2-3-12-18/h4-6,13,18H,2-3,7-12H2,1H3. The quantitative estimate of drug-likeness (QED) is 0.645. The molecule has 0 radical (unpaired) electrons. The molecule has 0 unspecified atom stereocenters. The van der Waals surface area contributed by atoms with E-state index in [1.54, 1.807) is 0 Å². The average Bonchev–Trinajstić information content (AvgIpc) is 2.40. The highest BCUT2D eigenvalue weighted by Crippen LogP contribution is 2.17. The number of hydrogen-bond donors (Lipinski definition) is 1. The normalized spacial score (nSPS) is 17.1. The van der Waals surface area contributed by atoms with E-state index in [9.17, 15) is 0 Å². The van der Waals surface area contributed by atoms with Crippen molar-refractivity contribution in [3.05, 3.63) is 29.8 Å². The monoisotopic (exact) mass is 264 g/mol. The van der Waals surface area contributed by atoms with Crippen molar-refractivity contribution < 1.29 is 0 Å². The second kappa shape index (κ2) is 7.05. The highest BCUT2D eigenvalue weighted by Gasteiger charge is 2.16. The molecule has 100 valence electrons. The Balaban J connectivity index is 1.79. The van der Waals surface area contributed by atoms with Gasteiger partial charge < -0.3 is 4.90 Å². The van der Waals surface area contributed by atoms with Gasteiger partial charge in [-0.05, 0) is 49.8 Å². The Kier molecular flexibility index (Phi) is 5.39. The molecule has 0 saturated carbocycles. The number of anilines is 1. The van der Waals surface area contributed by atoms with E-state index in [4.69, 9.17) is 0 Å². The van der Waals surface area contributed by atoms with Crippen molar-refractivity contribution in [2.45, 2.75) is 19.8 Å². The van der Waals surface area contributed by atoms with Gasteiger partial charge in [0, 0.05) is 31.9 Å². The number of thiol groups is 1. The number of hydrogen-bond acceptors (Lipinski definition) is 3. The lowest BCUT2D eigenvalue weighted by atomic mass is 10.2. The predicted molar refractivity (Wildman–Crippen MR) is 82.9 cm³/mol. The van der Waals surface area contributed by atoms with Crippen LogP contribution in [0.25, 0.3) is 0 Å². The van der Waals surface area contributed by atoms with Gasteiger partial charge in [0.2, 0.25) is 0 Å². The van der Waals surface area contributed by atoms with Gasteiger partial charge in [0.1, 0.15) is 0 Å². The van der Waals surface area contributed by atoms with Gasteiger partial charge in [-0.3, -0.25) is 4.90 Å². The topological polar surface area (TPSA) is 6.48 Å². The van der Waals surface area contributed by atoms with E-state index in [1.807, 2.05) is 0 Å². The van der Waals surface area contributed by atoms with Crippen LogP contribution in [0.3, 0.4) is 0 Å². The summed E-state index contributed by atoms with van der Waals surface area (Å²) in [7, 11) is 0. The molecular formula is C15H24N2S. The summed E-state index contributed by atoms with van der Waals surface area (Å²) in [6.07, 6.45) is 2.52. The minimum atomic E-state index is 1.02. The largest absolute Gasteiger partial charge is 0.369 e. The van der Waals surface area contributed by atoms with Gasteiger partial charge in [0.15, 0.2) is 0 Å². The van der Waals surface area contributed by atoms with E-state index in [0.717, 1.165) is 18.8 Å². The van der Waals surface area contributed by atoms with Gasteiger partial charge in [-0.2, -0.15) is 12.6 Å². The maximum Gasteiger partial charge on any atom is 0.0369 e. The molecule has 2 nitrogen and oxygen atoms in total. The van der Waals surface area contributed by atoms with Gasteiger partial charge in [0.05, 0.1) is 0 Å². The summed E-state index contributed by atoms with van der Waals surface area (Å²) in [5.41, 5.74) is 2.73. The Bertz CT molecular complexity index is 359. The van der Waals surface area contributed by atoms with Crippen LogP contribution in [-0.4, -0.2) is 43.4 Å². The Morgan fingerprint density at radius 2 is 1.89 bits per heavy atom. The molecule has 0 amide bonds. The summed E-state index contributed by atoms with van der Waals surface area (Å²) in [6.45, 7) is 8.11. The molecule has 2 rings (SSSR count). The van der Waals surface area contributed by atoms with Crippen LogP contribution < -0.4 is 4.90 Å². The van der Waals surface area contributed by atoms with Crippen molar-refractivity contribution in [3.63, 3.8) is 0 Å². The zero-order chi connectivity index (χ0) is 12.8. The number of piperazine rings is 1. The minimum absolute atomic E-state index is 1.02. The van der Waals surface area contributed by atoms with Crippen molar-refractivity contribution in [2.75, 3.05) is 43.4 Å². The van der Waals surface area contributed by atoms with Crippen LogP contribution in [0.5, 0.6) is 0 Å². The zero-order valence-electron chi connectivity index (χ0n) is 11.3. The van der Waals surface area contributed by atoms with Gasteiger partial charge in [-0.1, -0.05) is 12.1 Å². The number of rotatable bonds is 5. The third-order valence-electron chi connectivity index (χ3n) is 3.62. The number of aryl methyl sites for hydroxylation is 1. The molecule has 1 aromatic rings. The fourth-order valence-electron chi connectivity index (χ4n) is 2.50. The molecule has 0 aromatic heterocycles. The van der Waals surface area contributed by atoms with E-state index >= 15 is 0 Å². The molecule has 3 heteroatoms. The smallest absolute Gasteiger partial charge is 0.0369 e. The number of benzene rings is 1. The molecule has 1 aliphatic rings. The molecule has 0 atom stereocenters. The van der Waals surface area contributed by atoms with Crippen LogP contribution in [0.15, 0.2) is 24.3 Å². The lowest BCUT2D eigenvalue weighted by Gasteiger charge is -2.36. The van der Waals surface area contributed by atoms with Gasteiger partial charge in [0.25, 0.3) is 0 Å². The Morgan fingerprint density at radius 3 is 2.56 bits per heavy atom. The molecule has 1 aromatic carbocycles. The van der Waals surface area contributed by atoms with Crippen molar-refractivity contribution in [1.82, 2.24) is 4.90 Å². The van der Waals surface area contributed by atoms with Crippen LogP contribution >= 0.6 is 12.6 Å². The van der Waals surface area contributed by atoms with Crippen LogP contribution in [-0.2, 0) is 0 Å². The summed E-state index contributed by atoms with van der Waals surface area (Å²) >= 11 is 4.26. The zero-order valence-corrected chi connectivity index (χ0v) is 12.2. The van der Waals surface area contributed by atoms with Gasteiger partial charge in [-0.15, -0.1) is 0 Å². The highest BCUT2D eigenvalue weighted by atomic mass is 32.1.